The molecule has 2 aliphatic heterocycles. The van der Waals surface area contributed by atoms with Crippen molar-refractivity contribution in [2.75, 3.05) is 32.7 Å². The number of piperazine rings is 1. The highest BCUT2D eigenvalue weighted by atomic mass is 19.4. The zero-order chi connectivity index (χ0) is 27.9. The van der Waals surface area contributed by atoms with Crippen molar-refractivity contribution in [2.24, 2.45) is 0 Å². The Bertz CT molecular complexity index is 1340. The van der Waals surface area contributed by atoms with Gasteiger partial charge in [0.25, 0.3) is 11.4 Å². The van der Waals surface area contributed by atoms with Gasteiger partial charge in [0, 0.05) is 67.2 Å². The lowest BCUT2D eigenvalue weighted by Gasteiger charge is -2.52. The highest BCUT2D eigenvalue weighted by Crippen LogP contribution is 2.35. The first-order chi connectivity index (χ1) is 18.5. The van der Waals surface area contributed by atoms with Crippen LogP contribution in [0.25, 0.3) is 10.9 Å². The number of aromatic nitrogens is 1. The topological polar surface area (TPSA) is 50.9 Å². The maximum Gasteiger partial charge on any atom is 0.416 e. The number of fused-ring (bicyclic) bond motifs is 1. The number of nitrogens with zero attached hydrogens (tertiary/aromatic N) is 4. The fourth-order valence-corrected chi connectivity index (χ4v) is 6.26. The van der Waals surface area contributed by atoms with E-state index in [9.17, 15) is 23.2 Å². The van der Waals surface area contributed by atoms with Crippen LogP contribution in [-0.2, 0) is 6.18 Å². The number of benzene rings is 2. The molecule has 9 heteroatoms. The van der Waals surface area contributed by atoms with E-state index in [0.717, 1.165) is 48.2 Å². The molecule has 0 bridgehead atoms. The lowest BCUT2D eigenvalue weighted by Crippen LogP contribution is -2.62. The molecule has 2 saturated heterocycles. The maximum atomic E-state index is 13.4. The third-order valence-corrected chi connectivity index (χ3v) is 8.84. The molecular formula is C30H36F3N4O2+. The van der Waals surface area contributed by atoms with Gasteiger partial charge in [0.2, 0.25) is 6.20 Å². The number of piperidine rings is 1. The zero-order valence-corrected chi connectivity index (χ0v) is 22.7. The molecule has 3 aromatic rings. The third-order valence-electron chi connectivity index (χ3n) is 8.84. The number of amides is 1. The van der Waals surface area contributed by atoms with Gasteiger partial charge in [-0.05, 0) is 57.4 Å². The number of carbonyl (C=O) groups excluding carboxylic acids is 1. The summed E-state index contributed by atoms with van der Waals surface area (Å²) in [6.07, 6.45) is -1.08. The van der Waals surface area contributed by atoms with Crippen LogP contribution in [-0.4, -0.2) is 70.1 Å². The Balaban J connectivity index is 1.21. The van der Waals surface area contributed by atoms with E-state index in [4.69, 9.17) is 0 Å². The fraction of sp³-hybridized carbons (Fsp3) is 0.467. The van der Waals surface area contributed by atoms with Gasteiger partial charge in [-0.15, -0.1) is 0 Å². The molecular weight excluding hydrogens is 505 g/mol. The normalized spacial score (nSPS) is 21.7. The van der Waals surface area contributed by atoms with Crippen LogP contribution < -0.4 is 4.73 Å². The monoisotopic (exact) mass is 541 g/mol. The van der Waals surface area contributed by atoms with Gasteiger partial charge in [-0.1, -0.05) is 24.3 Å². The summed E-state index contributed by atoms with van der Waals surface area (Å²) < 4.78 is 40.0. The molecule has 3 heterocycles. The molecule has 2 atom stereocenters. The maximum absolute atomic E-state index is 13.4. The zero-order valence-electron chi connectivity index (χ0n) is 22.7. The van der Waals surface area contributed by atoms with Crippen LogP contribution in [0.4, 0.5) is 13.2 Å². The first kappa shape index (κ1) is 27.4. The molecule has 0 spiro atoms. The highest BCUT2D eigenvalue weighted by Gasteiger charge is 2.41. The fourth-order valence-electron chi connectivity index (χ4n) is 6.26. The minimum absolute atomic E-state index is 0.0163. The van der Waals surface area contributed by atoms with Gasteiger partial charge in [0.05, 0.1) is 16.5 Å². The molecule has 0 radical (unpaired) electrons. The summed E-state index contributed by atoms with van der Waals surface area (Å²) in [5, 5.41) is 10.9. The van der Waals surface area contributed by atoms with Crippen molar-refractivity contribution < 1.29 is 27.9 Å². The van der Waals surface area contributed by atoms with Gasteiger partial charge in [-0.25, -0.2) is 0 Å². The Hall–Kier alpha value is -3.17. The SMILES string of the molecule is CC(c1ccc(C(F)(F)F)cc1)N1CCN(C2(C)CCN(C(=O)c3cc[n+](O)c4ccccc34)CC2)C[C@@H]1C. The summed E-state index contributed by atoms with van der Waals surface area (Å²) in [6.45, 7) is 10.4. The van der Waals surface area contributed by atoms with E-state index in [1.165, 1.54) is 18.3 Å². The van der Waals surface area contributed by atoms with Crippen LogP contribution in [0, 0.1) is 0 Å². The van der Waals surface area contributed by atoms with Crippen molar-refractivity contribution in [1.82, 2.24) is 14.7 Å². The van der Waals surface area contributed by atoms with Gasteiger partial charge >= 0.3 is 6.18 Å². The van der Waals surface area contributed by atoms with Crippen molar-refractivity contribution in [3.63, 3.8) is 0 Å². The van der Waals surface area contributed by atoms with E-state index < -0.39 is 11.7 Å². The predicted molar refractivity (Wildman–Crippen MR) is 142 cm³/mol. The number of halogens is 3. The van der Waals surface area contributed by atoms with E-state index >= 15 is 0 Å². The van der Waals surface area contributed by atoms with Crippen molar-refractivity contribution in [3.05, 3.63) is 77.5 Å². The van der Waals surface area contributed by atoms with Gasteiger partial charge in [-0.2, -0.15) is 13.2 Å². The number of hydrogen-bond donors (Lipinski definition) is 1. The molecule has 6 nitrogen and oxygen atoms in total. The minimum Gasteiger partial charge on any atom is -0.338 e. The molecule has 1 unspecified atom stereocenters. The third kappa shape index (κ3) is 5.34. The van der Waals surface area contributed by atoms with Crippen LogP contribution in [0.5, 0.6) is 0 Å². The number of hydrogen-bond acceptors (Lipinski definition) is 4. The van der Waals surface area contributed by atoms with Gasteiger partial charge in [0.15, 0.2) is 0 Å². The van der Waals surface area contributed by atoms with Gasteiger partial charge < -0.3 is 4.90 Å². The molecule has 5 rings (SSSR count). The Labute approximate surface area is 227 Å². The average Bonchev–Trinajstić information content (AvgIpc) is 2.93. The lowest BCUT2D eigenvalue weighted by atomic mass is 9.86. The van der Waals surface area contributed by atoms with Crippen molar-refractivity contribution in [2.45, 2.75) is 57.4 Å². The van der Waals surface area contributed by atoms with Crippen molar-refractivity contribution in [3.8, 4) is 0 Å². The summed E-state index contributed by atoms with van der Waals surface area (Å²) in [4.78, 5) is 20.3. The Morgan fingerprint density at radius 2 is 1.69 bits per heavy atom. The molecule has 1 aromatic heterocycles. The van der Waals surface area contributed by atoms with Crippen LogP contribution >= 0.6 is 0 Å². The van der Waals surface area contributed by atoms with E-state index in [1.54, 1.807) is 24.3 Å². The number of likely N-dealkylation sites (tertiary alicyclic amines) is 1. The summed E-state index contributed by atoms with van der Waals surface area (Å²) >= 11 is 0. The Kier molecular flexibility index (Phi) is 7.33. The van der Waals surface area contributed by atoms with Crippen LogP contribution in [0.2, 0.25) is 0 Å². The smallest absolute Gasteiger partial charge is 0.338 e. The van der Waals surface area contributed by atoms with E-state index in [0.29, 0.717) is 24.2 Å². The molecule has 2 fully saturated rings. The summed E-state index contributed by atoms with van der Waals surface area (Å²) in [5.41, 5.74) is 1.44. The van der Waals surface area contributed by atoms with E-state index in [-0.39, 0.29) is 23.5 Å². The standard InChI is InChI=1S/C30H36F3N4O2/c1-21-20-35(18-19-36(21)22(2)23-8-10-24(11-9-23)30(31,32)33)29(3)13-16-34(17-14-29)28(38)26-12-15-37(39)27-7-5-4-6-25(26)27/h4-12,15,21-22,39H,13-14,16-20H2,1-3H3/q+1/t21-,22?/m0/s1. The van der Waals surface area contributed by atoms with Gasteiger partial charge in [0.1, 0.15) is 0 Å². The quantitative estimate of drug-likeness (QED) is 0.367. The second-order valence-corrected chi connectivity index (χ2v) is 11.2. The number of rotatable bonds is 4. The van der Waals surface area contributed by atoms with Gasteiger partial charge in [-0.3, -0.25) is 19.8 Å². The van der Waals surface area contributed by atoms with Crippen molar-refractivity contribution >= 4 is 16.8 Å². The summed E-state index contributed by atoms with van der Waals surface area (Å²) in [5.74, 6) is -0.0163. The summed E-state index contributed by atoms with van der Waals surface area (Å²) in [6, 6.07) is 14.8. The molecule has 2 aromatic carbocycles. The molecule has 1 amide bonds. The second kappa shape index (κ2) is 10.4. The molecule has 0 saturated carbocycles. The first-order valence-electron chi connectivity index (χ1n) is 13.6. The number of carbonyl (C=O) groups is 1. The predicted octanol–water partition coefficient (Wildman–Crippen LogP) is 5.15. The number of pyridine rings is 1. The summed E-state index contributed by atoms with van der Waals surface area (Å²) in [7, 11) is 0. The lowest BCUT2D eigenvalue weighted by molar-refractivity contribution is -0.884. The largest absolute Gasteiger partial charge is 0.416 e. The van der Waals surface area contributed by atoms with Crippen LogP contribution in [0.15, 0.2) is 60.8 Å². The van der Waals surface area contributed by atoms with Crippen molar-refractivity contribution in [1.29, 1.82) is 0 Å². The Morgan fingerprint density at radius 3 is 2.33 bits per heavy atom. The van der Waals surface area contributed by atoms with Crippen LogP contribution in [0.1, 0.15) is 61.1 Å². The second-order valence-electron chi connectivity index (χ2n) is 11.2. The molecule has 2 aliphatic rings. The highest BCUT2D eigenvalue weighted by molar-refractivity contribution is 6.05. The van der Waals surface area contributed by atoms with E-state index in [1.807, 2.05) is 23.1 Å². The first-order valence-corrected chi connectivity index (χ1v) is 13.6. The molecule has 0 aliphatic carbocycles. The minimum atomic E-state index is -4.33. The number of alkyl halides is 3. The number of para-hydroxylation sites is 1. The average molecular weight is 542 g/mol. The Morgan fingerprint density at radius 1 is 1.03 bits per heavy atom. The molecule has 39 heavy (non-hydrogen) atoms. The van der Waals surface area contributed by atoms with E-state index in [2.05, 4.69) is 30.6 Å². The van der Waals surface area contributed by atoms with Crippen LogP contribution in [0.3, 0.4) is 0 Å². The molecule has 208 valence electrons. The molecule has 1 N–H and O–H groups in total.